The van der Waals surface area contributed by atoms with Gasteiger partial charge in [-0.05, 0) is 95.7 Å². The average molecular weight is 477 g/mol. The van der Waals surface area contributed by atoms with Gasteiger partial charge in [0, 0.05) is 0 Å². The largest absolute Gasteiger partial charge is 0.493 e. The van der Waals surface area contributed by atoms with Crippen molar-refractivity contribution in [3.05, 3.63) is 52.6 Å². The maximum atomic E-state index is 6.53. The lowest BCUT2D eigenvalue weighted by atomic mass is 9.80. The van der Waals surface area contributed by atoms with Gasteiger partial charge in [-0.2, -0.15) is 0 Å². The molecule has 2 aromatic carbocycles. The third kappa shape index (κ3) is 7.37. The van der Waals surface area contributed by atoms with Crippen molar-refractivity contribution in [3.8, 4) is 16.9 Å². The van der Waals surface area contributed by atoms with Gasteiger partial charge in [0.1, 0.15) is 5.75 Å². The van der Waals surface area contributed by atoms with Crippen molar-refractivity contribution in [2.45, 2.75) is 119 Å². The van der Waals surface area contributed by atoms with Crippen LogP contribution in [0.1, 0.15) is 115 Å². The Hall–Kier alpha value is -1.76. The van der Waals surface area contributed by atoms with E-state index in [1.165, 1.54) is 90.5 Å². The Balaban J connectivity index is 1.77. The van der Waals surface area contributed by atoms with Gasteiger partial charge in [0.25, 0.3) is 0 Å². The van der Waals surface area contributed by atoms with Gasteiger partial charge in [-0.15, -0.1) is 0 Å². The molecule has 1 aliphatic carbocycles. The SMILES string of the molecule is CCc1cc(-c2ccc(CCC3CCC(C)CC3)cc2)c(CC)c(CC)c1OCCC(CC)CC. The van der Waals surface area contributed by atoms with Crippen molar-refractivity contribution >= 4 is 0 Å². The molecule has 0 bridgehead atoms. The van der Waals surface area contributed by atoms with Crippen LogP contribution in [0.5, 0.6) is 5.75 Å². The van der Waals surface area contributed by atoms with Crippen molar-refractivity contribution in [2.24, 2.45) is 17.8 Å². The number of benzene rings is 2. The predicted molar refractivity (Wildman–Crippen MR) is 154 cm³/mol. The third-order valence-corrected chi connectivity index (χ3v) is 8.83. The van der Waals surface area contributed by atoms with Crippen LogP contribution in [0.25, 0.3) is 11.1 Å². The second kappa shape index (κ2) is 14.1. The molecule has 1 heteroatoms. The summed E-state index contributed by atoms with van der Waals surface area (Å²) in [5.41, 5.74) is 8.56. The third-order valence-electron chi connectivity index (χ3n) is 8.83. The summed E-state index contributed by atoms with van der Waals surface area (Å²) in [5.74, 6) is 3.84. The van der Waals surface area contributed by atoms with Crippen LogP contribution in [0.4, 0.5) is 0 Å². The van der Waals surface area contributed by atoms with Crippen LogP contribution >= 0.6 is 0 Å². The van der Waals surface area contributed by atoms with Crippen molar-refractivity contribution in [1.29, 1.82) is 0 Å². The van der Waals surface area contributed by atoms with Crippen LogP contribution in [0.15, 0.2) is 30.3 Å². The first-order valence-electron chi connectivity index (χ1n) is 14.9. The molecule has 0 atom stereocenters. The summed E-state index contributed by atoms with van der Waals surface area (Å²) in [6.45, 7) is 14.7. The van der Waals surface area contributed by atoms with Gasteiger partial charge >= 0.3 is 0 Å². The zero-order valence-electron chi connectivity index (χ0n) is 23.7. The molecule has 0 radical (unpaired) electrons. The molecule has 2 aromatic rings. The zero-order chi connectivity index (χ0) is 25.2. The molecule has 1 nitrogen and oxygen atoms in total. The minimum atomic E-state index is 0.773. The number of hydrogen-bond donors (Lipinski definition) is 0. The van der Waals surface area contributed by atoms with Crippen LogP contribution in [-0.2, 0) is 25.7 Å². The molecule has 0 N–H and O–H groups in total. The molecule has 0 saturated heterocycles. The van der Waals surface area contributed by atoms with E-state index in [9.17, 15) is 0 Å². The molecule has 0 spiro atoms. The number of rotatable bonds is 13. The first-order chi connectivity index (χ1) is 17.0. The molecule has 35 heavy (non-hydrogen) atoms. The molecule has 1 fully saturated rings. The van der Waals surface area contributed by atoms with E-state index >= 15 is 0 Å². The van der Waals surface area contributed by atoms with E-state index < -0.39 is 0 Å². The van der Waals surface area contributed by atoms with Gasteiger partial charge in [-0.1, -0.05) is 104 Å². The first kappa shape index (κ1) is 27.8. The Morgan fingerprint density at radius 1 is 0.829 bits per heavy atom. The van der Waals surface area contributed by atoms with Gasteiger partial charge in [-0.3, -0.25) is 0 Å². The minimum absolute atomic E-state index is 0.773. The van der Waals surface area contributed by atoms with Gasteiger partial charge in [-0.25, -0.2) is 0 Å². The molecule has 0 amide bonds. The summed E-state index contributed by atoms with van der Waals surface area (Å²) < 4.78 is 6.53. The molecule has 0 unspecified atom stereocenters. The lowest BCUT2D eigenvalue weighted by Gasteiger charge is -2.26. The Bertz CT molecular complexity index is 882. The standard InChI is InChI=1S/C34H52O/c1-7-26(8-2)22-23-35-34-29(9-3)24-33(31(10-4)32(34)11-5)30-20-18-28(19-21-30)17-16-27-14-12-25(6)13-15-27/h18-21,24-27H,7-17,22-23H2,1-6H3. The molecule has 1 saturated carbocycles. The quantitative estimate of drug-likeness (QED) is 0.279. The average Bonchev–Trinajstić information content (AvgIpc) is 2.90. The summed E-state index contributed by atoms with van der Waals surface area (Å²) in [7, 11) is 0. The minimum Gasteiger partial charge on any atom is -0.493 e. The highest BCUT2D eigenvalue weighted by molar-refractivity contribution is 5.72. The van der Waals surface area contributed by atoms with Crippen molar-refractivity contribution in [2.75, 3.05) is 6.61 Å². The number of hydrogen-bond acceptors (Lipinski definition) is 1. The second-order valence-corrected chi connectivity index (χ2v) is 11.1. The highest BCUT2D eigenvalue weighted by Gasteiger charge is 2.19. The molecule has 3 rings (SSSR count). The van der Waals surface area contributed by atoms with E-state index in [0.29, 0.717) is 0 Å². The smallest absolute Gasteiger partial charge is 0.125 e. The van der Waals surface area contributed by atoms with Crippen LogP contribution in [-0.4, -0.2) is 6.61 Å². The van der Waals surface area contributed by atoms with Gasteiger partial charge in [0.15, 0.2) is 0 Å². The lowest BCUT2D eigenvalue weighted by molar-refractivity contribution is 0.267. The Morgan fingerprint density at radius 3 is 2.06 bits per heavy atom. The van der Waals surface area contributed by atoms with Crippen LogP contribution in [0.3, 0.4) is 0 Å². The Labute approximate surface area is 217 Å². The Morgan fingerprint density at radius 2 is 1.49 bits per heavy atom. The van der Waals surface area contributed by atoms with Gasteiger partial charge in [0.05, 0.1) is 6.61 Å². The van der Waals surface area contributed by atoms with Crippen molar-refractivity contribution in [1.82, 2.24) is 0 Å². The molecular weight excluding hydrogens is 424 g/mol. The van der Waals surface area contributed by atoms with Crippen LogP contribution in [0.2, 0.25) is 0 Å². The topological polar surface area (TPSA) is 9.23 Å². The molecule has 194 valence electrons. The first-order valence-corrected chi connectivity index (χ1v) is 14.9. The number of ether oxygens (including phenoxy) is 1. The highest BCUT2D eigenvalue weighted by Crippen LogP contribution is 2.38. The van der Waals surface area contributed by atoms with E-state index in [2.05, 4.69) is 71.9 Å². The molecule has 1 aliphatic rings. The highest BCUT2D eigenvalue weighted by atomic mass is 16.5. The fraction of sp³-hybridized carbons (Fsp3) is 0.647. The zero-order valence-corrected chi connectivity index (χ0v) is 23.7. The van der Waals surface area contributed by atoms with E-state index in [4.69, 9.17) is 4.74 Å². The molecular formula is C34H52O. The van der Waals surface area contributed by atoms with Crippen LogP contribution < -0.4 is 4.74 Å². The molecule has 0 heterocycles. The summed E-state index contributed by atoms with van der Waals surface area (Å²) >= 11 is 0. The van der Waals surface area contributed by atoms with Crippen LogP contribution in [0, 0.1) is 17.8 Å². The Kier molecular flexibility index (Phi) is 11.2. The van der Waals surface area contributed by atoms with E-state index in [-0.39, 0.29) is 0 Å². The number of aryl methyl sites for hydroxylation is 2. The summed E-state index contributed by atoms with van der Waals surface area (Å²) in [5, 5.41) is 0. The molecule has 0 aliphatic heterocycles. The summed E-state index contributed by atoms with van der Waals surface area (Å²) in [4.78, 5) is 0. The summed E-state index contributed by atoms with van der Waals surface area (Å²) in [6, 6.07) is 12.0. The van der Waals surface area contributed by atoms with E-state index in [1.807, 2.05) is 0 Å². The second-order valence-electron chi connectivity index (χ2n) is 11.1. The maximum Gasteiger partial charge on any atom is 0.125 e. The fourth-order valence-electron chi connectivity index (χ4n) is 6.16. The molecule has 0 aromatic heterocycles. The van der Waals surface area contributed by atoms with Gasteiger partial charge in [0.2, 0.25) is 0 Å². The van der Waals surface area contributed by atoms with E-state index in [0.717, 1.165) is 50.0 Å². The lowest BCUT2D eigenvalue weighted by Crippen LogP contribution is -2.12. The maximum absolute atomic E-state index is 6.53. The van der Waals surface area contributed by atoms with Gasteiger partial charge < -0.3 is 4.74 Å². The van der Waals surface area contributed by atoms with Crippen molar-refractivity contribution < 1.29 is 4.74 Å². The van der Waals surface area contributed by atoms with Crippen molar-refractivity contribution in [3.63, 3.8) is 0 Å². The fourth-order valence-corrected chi connectivity index (χ4v) is 6.16. The summed E-state index contributed by atoms with van der Waals surface area (Å²) in [6.07, 6.45) is 15.1. The van der Waals surface area contributed by atoms with E-state index in [1.54, 1.807) is 0 Å². The normalized spacial score (nSPS) is 18.3. The monoisotopic (exact) mass is 476 g/mol. The predicted octanol–water partition coefficient (Wildman–Crippen LogP) is 10.0.